The smallest absolute Gasteiger partial charge is 0.312 e. The Morgan fingerprint density at radius 1 is 0.900 bits per heavy atom. The summed E-state index contributed by atoms with van der Waals surface area (Å²) in [6, 6.07) is 17.3. The van der Waals surface area contributed by atoms with Crippen molar-refractivity contribution in [3.05, 3.63) is 80.9 Å². The number of hydrogen-bond donors (Lipinski definition) is 2. The third-order valence-corrected chi connectivity index (χ3v) is 8.32. The molecule has 2 amide bonds. The van der Waals surface area contributed by atoms with Crippen LogP contribution in [0.25, 0.3) is 16.6 Å². The van der Waals surface area contributed by atoms with Gasteiger partial charge in [0.25, 0.3) is 0 Å². The lowest BCUT2D eigenvalue weighted by Gasteiger charge is -2.30. The Morgan fingerprint density at radius 2 is 1.67 bits per heavy atom. The fourth-order valence-electron chi connectivity index (χ4n) is 4.48. The van der Waals surface area contributed by atoms with E-state index >= 15 is 0 Å². The van der Waals surface area contributed by atoms with Crippen LogP contribution in [-0.4, -0.2) is 26.6 Å². The normalized spacial score (nSPS) is 22.7. The standard InChI is InChI=1S/C22H15N3O3S2/c26-19-16-15(13-10-23-14-9-5-4-8-12(13)14)18-21(29-17(16)20(27)24-19)25(22(28)30-18)11-6-2-1-3-7-11/h1-10,15-17,23H,(H,24,26,27)/t15-,16+,17+/m1/s1. The number of thiazole rings is 1. The number of aromatic nitrogens is 2. The number of carbonyl (C=O) groups is 2. The van der Waals surface area contributed by atoms with Crippen molar-refractivity contribution in [3.63, 3.8) is 0 Å². The molecule has 2 aromatic carbocycles. The third-order valence-electron chi connectivity index (χ3n) is 5.78. The van der Waals surface area contributed by atoms with Gasteiger partial charge in [-0.15, -0.1) is 0 Å². The molecule has 0 aliphatic carbocycles. The molecule has 0 spiro atoms. The van der Waals surface area contributed by atoms with Crippen LogP contribution in [0.3, 0.4) is 0 Å². The SMILES string of the molecule is O=C1NC(=O)[C@H]2Sc3c(sc(=O)n3-c3ccccc3)[C@H](c3c[nH]c4ccccc34)[C@H]12. The predicted octanol–water partition coefficient (Wildman–Crippen LogP) is 3.26. The molecule has 30 heavy (non-hydrogen) atoms. The molecular weight excluding hydrogens is 418 g/mol. The van der Waals surface area contributed by atoms with E-state index in [1.165, 1.54) is 11.8 Å². The van der Waals surface area contributed by atoms with E-state index in [4.69, 9.17) is 0 Å². The van der Waals surface area contributed by atoms with Crippen LogP contribution in [0.5, 0.6) is 0 Å². The highest BCUT2D eigenvalue weighted by molar-refractivity contribution is 8.00. The highest BCUT2D eigenvalue weighted by atomic mass is 32.2. The van der Waals surface area contributed by atoms with E-state index < -0.39 is 11.2 Å². The molecule has 6 rings (SSSR count). The number of amides is 2. The summed E-state index contributed by atoms with van der Waals surface area (Å²) in [4.78, 5) is 42.5. The first-order valence-electron chi connectivity index (χ1n) is 9.52. The number of para-hydroxylation sites is 2. The predicted molar refractivity (Wildman–Crippen MR) is 116 cm³/mol. The maximum atomic E-state index is 13.0. The first-order chi connectivity index (χ1) is 14.6. The zero-order valence-corrected chi connectivity index (χ0v) is 17.1. The van der Waals surface area contributed by atoms with Crippen LogP contribution in [0.1, 0.15) is 16.4 Å². The summed E-state index contributed by atoms with van der Waals surface area (Å²) in [6.07, 6.45) is 1.90. The molecule has 0 saturated carbocycles. The molecule has 0 bridgehead atoms. The molecule has 0 unspecified atom stereocenters. The second kappa shape index (κ2) is 6.45. The van der Waals surface area contributed by atoms with Gasteiger partial charge >= 0.3 is 4.87 Å². The van der Waals surface area contributed by atoms with Crippen molar-refractivity contribution < 1.29 is 9.59 Å². The number of carbonyl (C=O) groups excluding carboxylic acids is 2. The molecule has 148 valence electrons. The van der Waals surface area contributed by atoms with E-state index in [1.54, 1.807) is 4.57 Å². The van der Waals surface area contributed by atoms with Crippen LogP contribution in [-0.2, 0) is 9.59 Å². The lowest BCUT2D eigenvalue weighted by molar-refractivity contribution is -0.125. The summed E-state index contributed by atoms with van der Waals surface area (Å²) < 4.78 is 1.67. The molecule has 0 radical (unpaired) electrons. The zero-order valence-electron chi connectivity index (χ0n) is 15.5. The minimum absolute atomic E-state index is 0.114. The number of aromatic amines is 1. The van der Waals surface area contributed by atoms with E-state index in [0.717, 1.165) is 43.4 Å². The molecule has 4 aromatic rings. The van der Waals surface area contributed by atoms with Gasteiger partial charge in [0.1, 0.15) is 5.25 Å². The molecule has 8 heteroatoms. The van der Waals surface area contributed by atoms with E-state index in [-0.39, 0.29) is 22.6 Å². The summed E-state index contributed by atoms with van der Waals surface area (Å²) >= 11 is 2.48. The molecule has 2 aliphatic rings. The third kappa shape index (κ3) is 2.41. The van der Waals surface area contributed by atoms with Crippen molar-refractivity contribution >= 4 is 45.8 Å². The number of benzene rings is 2. The molecular formula is C22H15N3O3S2. The van der Waals surface area contributed by atoms with Crippen molar-refractivity contribution in [1.82, 2.24) is 14.9 Å². The Labute approximate surface area is 178 Å². The minimum Gasteiger partial charge on any atom is -0.361 e. The van der Waals surface area contributed by atoms with E-state index in [0.29, 0.717) is 0 Å². The van der Waals surface area contributed by atoms with Crippen LogP contribution in [0.2, 0.25) is 0 Å². The Balaban J connectivity index is 1.64. The highest BCUT2D eigenvalue weighted by Gasteiger charge is 2.53. The molecule has 1 fully saturated rings. The maximum Gasteiger partial charge on any atom is 0.312 e. The van der Waals surface area contributed by atoms with Gasteiger partial charge in [-0.05, 0) is 23.8 Å². The van der Waals surface area contributed by atoms with E-state index in [9.17, 15) is 14.4 Å². The zero-order chi connectivity index (χ0) is 20.4. The van der Waals surface area contributed by atoms with Gasteiger partial charge in [0, 0.05) is 27.9 Å². The van der Waals surface area contributed by atoms with E-state index in [2.05, 4.69) is 10.3 Å². The summed E-state index contributed by atoms with van der Waals surface area (Å²) in [7, 11) is 0. The maximum absolute atomic E-state index is 13.0. The summed E-state index contributed by atoms with van der Waals surface area (Å²) in [6.45, 7) is 0. The molecule has 4 heterocycles. The lowest BCUT2D eigenvalue weighted by Crippen LogP contribution is -2.31. The van der Waals surface area contributed by atoms with Gasteiger partial charge in [-0.1, -0.05) is 59.5 Å². The highest BCUT2D eigenvalue weighted by Crippen LogP contribution is 2.53. The van der Waals surface area contributed by atoms with Gasteiger partial charge in [0.15, 0.2) is 0 Å². The number of fused-ring (bicyclic) bond motifs is 3. The number of nitrogens with one attached hydrogen (secondary N) is 2. The van der Waals surface area contributed by atoms with Crippen LogP contribution in [0.15, 0.2) is 70.6 Å². The summed E-state index contributed by atoms with van der Waals surface area (Å²) in [5, 5.41) is 3.69. The average Bonchev–Trinajstić information content (AvgIpc) is 3.41. The largest absolute Gasteiger partial charge is 0.361 e. The summed E-state index contributed by atoms with van der Waals surface area (Å²) in [5.41, 5.74) is 2.66. The second-order valence-electron chi connectivity index (χ2n) is 7.39. The molecule has 3 atom stereocenters. The van der Waals surface area contributed by atoms with Crippen molar-refractivity contribution in [1.29, 1.82) is 0 Å². The van der Waals surface area contributed by atoms with Crippen molar-refractivity contribution in [2.75, 3.05) is 0 Å². The quantitative estimate of drug-likeness (QED) is 0.476. The fourth-order valence-corrected chi connectivity index (χ4v) is 7.24. The molecule has 1 saturated heterocycles. The summed E-state index contributed by atoms with van der Waals surface area (Å²) in [5.74, 6) is -1.47. The fraction of sp³-hybridized carbons (Fsp3) is 0.136. The van der Waals surface area contributed by atoms with Crippen molar-refractivity contribution in [2.45, 2.75) is 16.2 Å². The molecule has 2 aliphatic heterocycles. The van der Waals surface area contributed by atoms with Crippen LogP contribution in [0, 0.1) is 5.92 Å². The van der Waals surface area contributed by atoms with Gasteiger partial charge in [-0.2, -0.15) is 0 Å². The second-order valence-corrected chi connectivity index (χ2v) is 9.52. The first kappa shape index (κ1) is 17.7. The number of rotatable bonds is 2. The number of hydrogen-bond acceptors (Lipinski definition) is 5. The van der Waals surface area contributed by atoms with Crippen molar-refractivity contribution in [2.24, 2.45) is 5.92 Å². The van der Waals surface area contributed by atoms with Crippen LogP contribution in [0.4, 0.5) is 0 Å². The molecule has 6 nitrogen and oxygen atoms in total. The van der Waals surface area contributed by atoms with Crippen molar-refractivity contribution in [3.8, 4) is 5.69 Å². The Bertz CT molecular complexity index is 1390. The van der Waals surface area contributed by atoms with Gasteiger partial charge in [0.05, 0.1) is 16.6 Å². The minimum atomic E-state index is -0.562. The monoisotopic (exact) mass is 433 g/mol. The average molecular weight is 434 g/mol. The first-order valence-corrected chi connectivity index (χ1v) is 11.2. The molecule has 2 aromatic heterocycles. The molecule has 2 N–H and O–H groups in total. The van der Waals surface area contributed by atoms with Crippen LogP contribution < -0.4 is 10.2 Å². The van der Waals surface area contributed by atoms with Gasteiger partial charge in [0.2, 0.25) is 11.8 Å². The Morgan fingerprint density at radius 3 is 2.50 bits per heavy atom. The van der Waals surface area contributed by atoms with Crippen LogP contribution >= 0.6 is 23.1 Å². The van der Waals surface area contributed by atoms with Gasteiger partial charge < -0.3 is 4.98 Å². The Kier molecular flexibility index (Phi) is 3.81. The number of H-pyrrole nitrogens is 1. The van der Waals surface area contributed by atoms with Gasteiger partial charge in [-0.25, -0.2) is 0 Å². The number of imide groups is 1. The van der Waals surface area contributed by atoms with Gasteiger partial charge in [-0.3, -0.25) is 24.3 Å². The topological polar surface area (TPSA) is 84.0 Å². The number of thioether (sulfide) groups is 1. The Hall–Kier alpha value is -3.10. The lowest BCUT2D eigenvalue weighted by atomic mass is 9.83. The number of nitrogens with zero attached hydrogens (tertiary/aromatic N) is 1. The van der Waals surface area contributed by atoms with E-state index in [1.807, 2.05) is 60.8 Å².